The number of phenols is 2. The predicted molar refractivity (Wildman–Crippen MR) is 268 cm³/mol. The van der Waals surface area contributed by atoms with Crippen molar-refractivity contribution in [1.29, 1.82) is 0 Å². The van der Waals surface area contributed by atoms with Crippen LogP contribution in [0.4, 0.5) is 0 Å². The maximum atomic E-state index is 14.0. The van der Waals surface area contributed by atoms with E-state index in [1.54, 1.807) is 6.07 Å². The van der Waals surface area contributed by atoms with Crippen LogP contribution in [0.25, 0.3) is 12.2 Å². The van der Waals surface area contributed by atoms with Crippen LogP contribution in [-0.4, -0.2) is 249 Å². The summed E-state index contributed by atoms with van der Waals surface area (Å²) in [7, 11) is 2.56. The molecule has 7 rings (SSSR count). The van der Waals surface area contributed by atoms with Crippen LogP contribution < -0.4 is 9.47 Å². The first-order valence-electron chi connectivity index (χ1n) is 25.2. The molecule has 4 aliphatic rings. The van der Waals surface area contributed by atoms with Gasteiger partial charge >= 0.3 is 23.9 Å². The molecule has 4 heterocycles. The number of esters is 4. The minimum Gasteiger partial charge on any atom is -0.504 e. The van der Waals surface area contributed by atoms with E-state index in [4.69, 9.17) is 61.6 Å². The number of phenolic OH excluding ortho intramolecular Hbond substituents is 2. The molecule has 0 saturated carbocycles. The van der Waals surface area contributed by atoms with Crippen LogP contribution in [0.3, 0.4) is 0 Å². The fourth-order valence-electron chi connectivity index (χ4n) is 9.09. The average Bonchev–Trinajstić information content (AvgIpc) is 2.78. The Hall–Kier alpha value is -6.46. The third-order valence-corrected chi connectivity index (χ3v) is 13.4. The van der Waals surface area contributed by atoms with E-state index in [1.807, 2.05) is 0 Å². The Morgan fingerprint density at radius 2 is 1.09 bits per heavy atom. The molecular formula is C53H64O29. The molecule has 29 nitrogen and oxygen atoms in total. The van der Waals surface area contributed by atoms with Crippen molar-refractivity contribution in [2.24, 2.45) is 0 Å². The summed E-state index contributed by atoms with van der Waals surface area (Å²) in [5, 5.41) is 131. The molecule has 4 fully saturated rings. The third kappa shape index (κ3) is 14.6. The van der Waals surface area contributed by atoms with Crippen molar-refractivity contribution < 1.29 is 142 Å². The van der Waals surface area contributed by atoms with Crippen molar-refractivity contribution in [2.45, 2.75) is 123 Å². The highest BCUT2D eigenvalue weighted by molar-refractivity contribution is 5.90. The Bertz CT molecular complexity index is 2690. The van der Waals surface area contributed by atoms with Gasteiger partial charge in [0.1, 0.15) is 92.6 Å². The molecule has 29 heteroatoms. The largest absolute Gasteiger partial charge is 0.504 e. The molecular weight excluding hydrogens is 1100 g/mol. The van der Waals surface area contributed by atoms with Crippen molar-refractivity contribution in [3.05, 3.63) is 95.6 Å². The first-order chi connectivity index (χ1) is 39.1. The third-order valence-electron chi connectivity index (χ3n) is 13.4. The molecule has 0 radical (unpaired) electrons. The number of aliphatic hydroxyl groups excluding tert-OH is 10. The van der Waals surface area contributed by atoms with Crippen LogP contribution in [0, 0.1) is 0 Å². The number of aliphatic hydroxyl groups is 10. The summed E-state index contributed by atoms with van der Waals surface area (Å²) in [5.41, 5.74) is 0.466. The second kappa shape index (κ2) is 28.2. The second-order valence-corrected chi connectivity index (χ2v) is 18.9. The normalized spacial score (nSPS) is 33.9. The molecule has 3 aromatic rings. The zero-order valence-corrected chi connectivity index (χ0v) is 43.9. The fraction of sp³-hybridized carbons (Fsp3) is 0.509. The fourth-order valence-corrected chi connectivity index (χ4v) is 9.09. The van der Waals surface area contributed by atoms with E-state index >= 15 is 0 Å². The maximum Gasteiger partial charge on any atom is 0.338 e. The standard InChI is InChI=1S/C53H64O29/c1-24(57)72-22-35-39(63)42(66)44(68)51(76-35)78-46-45(77-37(61)16-12-26-10-14-29(59)31(18-26)71-3)34(21-56)75-52(47(46)79-50-43(67)41(65)38(62)32(19-54)74-50)82-53(23-73-36(60)15-11-25-9-13-28(58)30(17-25)70-2)48(40(64)33(20-55)81-53)80-49(69)27-7-5-4-6-8-27/h4-18,32-35,38-48,50-52,54-56,58-59,62-68H,19-23H2,1-3H3/t32-,33+,34-,35-,38+,39-,40+,41+,42+,43-,44+,45-,46-,47+,48+,50+,51-,52+,53+/m1/s1. The smallest absolute Gasteiger partial charge is 0.338 e. The van der Waals surface area contributed by atoms with Gasteiger partial charge in [0.2, 0.25) is 5.79 Å². The SMILES string of the molecule is COc1cc(C=CC(=O)OC[C@@]2(O[C@@H]3O[C@H](CO)[C@@H](OC(=O)C=Cc4ccc(O)c(OC)c4)[C@@H](O[C@H]4O[C@H](COC(C)=O)[C@@H](O)[C@H](O)[C@@H]4O)[C@@H]3O[C@@H]3O[C@H](CO)[C@H](O)[C@H](O)[C@H]3O)O[C@@H](CO)[C@H](O)[C@@H]2OC(=O)c2ccccc2)ccc1O. The number of benzene rings is 3. The lowest BCUT2D eigenvalue weighted by atomic mass is 9.95. The van der Waals surface area contributed by atoms with Gasteiger partial charge in [-0.15, -0.1) is 0 Å². The first-order valence-corrected chi connectivity index (χ1v) is 25.2. The minimum atomic E-state index is -2.91. The number of rotatable bonds is 22. The van der Waals surface area contributed by atoms with Gasteiger partial charge in [0.15, 0.2) is 54.1 Å². The van der Waals surface area contributed by atoms with Crippen LogP contribution >= 0.6 is 0 Å². The molecule has 0 spiro atoms. The number of ether oxygens (including phenoxy) is 13. The predicted octanol–water partition coefficient (Wildman–Crippen LogP) is -3.35. The summed E-state index contributed by atoms with van der Waals surface area (Å²) in [4.78, 5) is 53.5. The number of aromatic hydroxyl groups is 2. The molecule has 0 aromatic heterocycles. The van der Waals surface area contributed by atoms with Gasteiger partial charge in [0.25, 0.3) is 0 Å². The number of hydrogen-bond donors (Lipinski definition) is 12. The van der Waals surface area contributed by atoms with E-state index in [0.29, 0.717) is 5.56 Å². The molecule has 3 aromatic carbocycles. The van der Waals surface area contributed by atoms with Gasteiger partial charge in [-0.1, -0.05) is 30.3 Å². The van der Waals surface area contributed by atoms with Crippen LogP contribution in [0.1, 0.15) is 28.4 Å². The van der Waals surface area contributed by atoms with E-state index in [0.717, 1.165) is 19.1 Å². The van der Waals surface area contributed by atoms with Gasteiger partial charge in [-0.25, -0.2) is 14.4 Å². The quantitative estimate of drug-likeness (QED) is 0.0266. The van der Waals surface area contributed by atoms with Crippen LogP contribution in [0.2, 0.25) is 0 Å². The van der Waals surface area contributed by atoms with E-state index in [-0.39, 0.29) is 34.1 Å². The average molecular weight is 1170 g/mol. The molecule has 4 saturated heterocycles. The summed E-state index contributed by atoms with van der Waals surface area (Å²) in [6, 6.07) is 15.2. The summed E-state index contributed by atoms with van der Waals surface area (Å²) in [6.07, 6.45) is -33.5. The molecule has 12 N–H and O–H groups in total. The van der Waals surface area contributed by atoms with Crippen LogP contribution in [0.5, 0.6) is 23.0 Å². The second-order valence-electron chi connectivity index (χ2n) is 18.9. The number of carbonyl (C=O) groups excluding carboxylic acids is 4. The van der Waals surface area contributed by atoms with Crippen molar-refractivity contribution in [3.8, 4) is 23.0 Å². The van der Waals surface area contributed by atoms with Crippen LogP contribution in [-0.2, 0) is 66.5 Å². The Morgan fingerprint density at radius 3 is 1.63 bits per heavy atom. The first kappa shape index (κ1) is 63.1. The monoisotopic (exact) mass is 1160 g/mol. The number of hydrogen-bond acceptors (Lipinski definition) is 29. The molecule has 0 amide bonds. The molecule has 450 valence electrons. The van der Waals surface area contributed by atoms with Crippen molar-refractivity contribution >= 4 is 36.0 Å². The van der Waals surface area contributed by atoms with E-state index in [1.165, 1.54) is 87.0 Å². The molecule has 0 unspecified atom stereocenters. The van der Waals surface area contributed by atoms with Gasteiger partial charge in [-0.05, 0) is 59.7 Å². The highest BCUT2D eigenvalue weighted by atomic mass is 16.8. The number of carbonyl (C=O) groups is 4. The summed E-state index contributed by atoms with van der Waals surface area (Å²) in [5.74, 6) is -7.80. The topological polar surface area (TPSA) is 431 Å². The van der Waals surface area contributed by atoms with Gasteiger partial charge in [0.05, 0.1) is 39.6 Å². The Morgan fingerprint density at radius 1 is 0.561 bits per heavy atom. The van der Waals surface area contributed by atoms with Gasteiger partial charge in [0, 0.05) is 19.1 Å². The van der Waals surface area contributed by atoms with Gasteiger partial charge in [-0.3, -0.25) is 4.79 Å². The lowest BCUT2D eigenvalue weighted by molar-refractivity contribution is -0.421. The highest BCUT2D eigenvalue weighted by Gasteiger charge is 2.64. The molecule has 0 aliphatic carbocycles. The van der Waals surface area contributed by atoms with E-state index < -0.39 is 173 Å². The van der Waals surface area contributed by atoms with Crippen LogP contribution in [0.15, 0.2) is 78.9 Å². The zero-order chi connectivity index (χ0) is 59.6. The van der Waals surface area contributed by atoms with Crippen molar-refractivity contribution in [2.75, 3.05) is 47.3 Å². The highest BCUT2D eigenvalue weighted by Crippen LogP contribution is 2.42. The van der Waals surface area contributed by atoms with Gasteiger partial charge in [-0.2, -0.15) is 0 Å². The zero-order valence-electron chi connectivity index (χ0n) is 43.9. The lowest BCUT2D eigenvalue weighted by Crippen LogP contribution is -2.69. The lowest BCUT2D eigenvalue weighted by Gasteiger charge is -2.50. The van der Waals surface area contributed by atoms with Crippen molar-refractivity contribution in [1.82, 2.24) is 0 Å². The van der Waals surface area contributed by atoms with Gasteiger partial charge < -0.3 is 123 Å². The van der Waals surface area contributed by atoms with Crippen molar-refractivity contribution in [3.63, 3.8) is 0 Å². The Balaban J connectivity index is 1.36. The summed E-state index contributed by atoms with van der Waals surface area (Å²) < 4.78 is 75.7. The van der Waals surface area contributed by atoms with E-state index in [2.05, 4.69) is 0 Å². The summed E-state index contributed by atoms with van der Waals surface area (Å²) in [6.45, 7) is -4.22. The minimum absolute atomic E-state index is 0.00912. The molecule has 0 bridgehead atoms. The molecule has 4 aliphatic heterocycles. The number of methoxy groups -OCH3 is 2. The maximum absolute atomic E-state index is 14.0. The Labute approximate surface area is 466 Å². The molecule has 82 heavy (non-hydrogen) atoms. The molecule has 19 atom stereocenters. The van der Waals surface area contributed by atoms with E-state index in [9.17, 15) is 80.5 Å². The Kier molecular flexibility index (Phi) is 21.7. The summed E-state index contributed by atoms with van der Waals surface area (Å²) >= 11 is 0.